The number of anilines is 1. The summed E-state index contributed by atoms with van der Waals surface area (Å²) in [4.78, 5) is 13.7. The number of carbonyl (C=O) groups is 1. The van der Waals surface area contributed by atoms with E-state index in [0.29, 0.717) is 46.7 Å². The van der Waals surface area contributed by atoms with Crippen molar-refractivity contribution < 1.29 is 23.2 Å². The lowest BCUT2D eigenvalue weighted by Crippen LogP contribution is -2.17. The second-order valence-corrected chi connectivity index (χ2v) is 9.93. The monoisotopic (exact) mass is 487 g/mol. The van der Waals surface area contributed by atoms with E-state index in [4.69, 9.17) is 14.2 Å². The van der Waals surface area contributed by atoms with E-state index in [9.17, 15) is 9.00 Å². The zero-order chi connectivity index (χ0) is 23.2. The summed E-state index contributed by atoms with van der Waals surface area (Å²) in [6.07, 6.45) is 5.00. The lowest BCUT2D eigenvalue weighted by Gasteiger charge is -2.15. The molecule has 0 saturated carbocycles. The SMILES string of the molecule is CPCn1ccc(NC(=O)c2cc(Oc3ccc(S(C)=O)cc3)cc(O[C@H]3CCOC3)c2)n1. The Morgan fingerprint density at radius 3 is 2.70 bits per heavy atom. The van der Waals surface area contributed by atoms with E-state index in [2.05, 4.69) is 17.1 Å². The van der Waals surface area contributed by atoms with Crippen LogP contribution in [0.15, 0.2) is 59.6 Å². The Bertz CT molecular complexity index is 1130. The molecule has 4 rings (SSSR count). The summed E-state index contributed by atoms with van der Waals surface area (Å²) in [7, 11) is -0.340. The molecular weight excluding hydrogens is 461 g/mol. The number of benzene rings is 2. The first-order valence-corrected chi connectivity index (χ1v) is 13.8. The van der Waals surface area contributed by atoms with Gasteiger partial charge in [0.2, 0.25) is 0 Å². The number of rotatable bonds is 9. The first-order chi connectivity index (χ1) is 16.0. The molecule has 8 nitrogen and oxygen atoms in total. The Morgan fingerprint density at radius 1 is 1.21 bits per heavy atom. The van der Waals surface area contributed by atoms with Crippen molar-refractivity contribution in [1.29, 1.82) is 0 Å². The predicted octanol–water partition coefficient (Wildman–Crippen LogP) is 4.10. The maximum Gasteiger partial charge on any atom is 0.257 e. The molecule has 33 heavy (non-hydrogen) atoms. The maximum atomic E-state index is 13.0. The third-order valence-corrected chi connectivity index (χ3v) is 6.50. The number of nitrogens with one attached hydrogen (secondary N) is 1. The summed E-state index contributed by atoms with van der Waals surface area (Å²) < 4.78 is 30.8. The lowest BCUT2D eigenvalue weighted by molar-refractivity contribution is 0.102. The van der Waals surface area contributed by atoms with Gasteiger partial charge in [0.1, 0.15) is 23.4 Å². The van der Waals surface area contributed by atoms with Gasteiger partial charge < -0.3 is 19.5 Å². The second kappa shape index (κ2) is 10.9. The predicted molar refractivity (Wildman–Crippen MR) is 130 cm³/mol. The highest BCUT2D eigenvalue weighted by Crippen LogP contribution is 2.30. The van der Waals surface area contributed by atoms with Crippen LogP contribution in [0.2, 0.25) is 0 Å². The van der Waals surface area contributed by atoms with Crippen molar-refractivity contribution in [3.05, 3.63) is 60.3 Å². The topological polar surface area (TPSA) is 91.7 Å². The largest absolute Gasteiger partial charge is 0.488 e. The molecule has 1 saturated heterocycles. The highest BCUT2D eigenvalue weighted by atomic mass is 32.2. The summed E-state index contributed by atoms with van der Waals surface area (Å²) in [5.41, 5.74) is 0.389. The number of hydrogen-bond donors (Lipinski definition) is 1. The van der Waals surface area contributed by atoms with Gasteiger partial charge in [-0.15, -0.1) is 8.58 Å². The van der Waals surface area contributed by atoms with Crippen LogP contribution >= 0.6 is 8.58 Å². The third-order valence-electron chi connectivity index (χ3n) is 4.93. The zero-order valence-electron chi connectivity index (χ0n) is 18.4. The molecule has 1 aliphatic heterocycles. The van der Waals surface area contributed by atoms with E-state index in [1.807, 2.05) is 6.20 Å². The highest BCUT2D eigenvalue weighted by molar-refractivity contribution is 7.84. The Balaban J connectivity index is 1.56. The van der Waals surface area contributed by atoms with Crippen molar-refractivity contribution in [1.82, 2.24) is 9.78 Å². The van der Waals surface area contributed by atoms with Gasteiger partial charge in [0.25, 0.3) is 5.91 Å². The van der Waals surface area contributed by atoms with Gasteiger partial charge in [0.05, 0.1) is 19.5 Å². The molecule has 3 atom stereocenters. The minimum Gasteiger partial charge on any atom is -0.488 e. The molecule has 1 aromatic heterocycles. The van der Waals surface area contributed by atoms with E-state index in [1.165, 1.54) is 0 Å². The van der Waals surface area contributed by atoms with Crippen LogP contribution in [-0.4, -0.2) is 52.1 Å². The first-order valence-electron chi connectivity index (χ1n) is 10.5. The van der Waals surface area contributed by atoms with Crippen molar-refractivity contribution in [2.75, 3.05) is 31.5 Å². The smallest absolute Gasteiger partial charge is 0.257 e. The number of carbonyl (C=O) groups excluding carboxylic acids is 1. The van der Waals surface area contributed by atoms with Crippen LogP contribution in [0, 0.1) is 0 Å². The summed E-state index contributed by atoms with van der Waals surface area (Å²) >= 11 is 0. The van der Waals surface area contributed by atoms with Crippen LogP contribution in [0.4, 0.5) is 5.82 Å². The van der Waals surface area contributed by atoms with Gasteiger partial charge in [-0.1, -0.05) is 0 Å². The molecule has 1 N–H and O–H groups in total. The Hall–Kier alpha value is -2.74. The molecule has 1 fully saturated rings. The second-order valence-electron chi connectivity index (χ2n) is 7.53. The molecule has 1 aliphatic rings. The number of aromatic nitrogens is 2. The fourth-order valence-electron chi connectivity index (χ4n) is 3.33. The zero-order valence-corrected chi connectivity index (χ0v) is 20.3. The van der Waals surface area contributed by atoms with E-state index in [1.54, 1.807) is 59.5 Å². The van der Waals surface area contributed by atoms with Crippen LogP contribution in [0.5, 0.6) is 17.2 Å². The molecule has 174 valence electrons. The Morgan fingerprint density at radius 2 is 2.00 bits per heavy atom. The van der Waals surface area contributed by atoms with Crippen molar-refractivity contribution in [2.45, 2.75) is 23.7 Å². The number of hydrogen-bond acceptors (Lipinski definition) is 6. The van der Waals surface area contributed by atoms with E-state index < -0.39 is 10.8 Å². The fourth-order valence-corrected chi connectivity index (χ4v) is 4.35. The van der Waals surface area contributed by atoms with E-state index >= 15 is 0 Å². The summed E-state index contributed by atoms with van der Waals surface area (Å²) in [5, 5.41) is 7.20. The van der Waals surface area contributed by atoms with Gasteiger partial charge in [0.15, 0.2) is 5.82 Å². The van der Waals surface area contributed by atoms with Gasteiger partial charge in [-0.2, -0.15) is 5.10 Å². The summed E-state index contributed by atoms with van der Waals surface area (Å²) in [6.45, 7) is 3.26. The lowest BCUT2D eigenvalue weighted by atomic mass is 10.1. The molecule has 2 aromatic carbocycles. The number of amides is 1. The Labute approximate surface area is 196 Å². The normalized spacial score (nSPS) is 16.7. The van der Waals surface area contributed by atoms with Crippen LogP contribution in [0.3, 0.4) is 0 Å². The highest BCUT2D eigenvalue weighted by Gasteiger charge is 2.19. The van der Waals surface area contributed by atoms with Gasteiger partial charge >= 0.3 is 0 Å². The molecule has 10 heteroatoms. The van der Waals surface area contributed by atoms with Crippen LogP contribution < -0.4 is 14.8 Å². The van der Waals surface area contributed by atoms with E-state index in [-0.39, 0.29) is 12.0 Å². The molecule has 2 unspecified atom stereocenters. The van der Waals surface area contributed by atoms with Crippen molar-refractivity contribution in [3.8, 4) is 17.2 Å². The van der Waals surface area contributed by atoms with Crippen molar-refractivity contribution in [3.63, 3.8) is 0 Å². The summed E-state index contributed by atoms with van der Waals surface area (Å²) in [5.74, 6) is 1.72. The van der Waals surface area contributed by atoms with Crippen LogP contribution in [0.25, 0.3) is 0 Å². The third kappa shape index (κ3) is 6.41. The maximum absolute atomic E-state index is 13.0. The van der Waals surface area contributed by atoms with Crippen LogP contribution in [-0.2, 0) is 21.8 Å². The molecule has 0 aliphatic carbocycles. The standard InChI is InChI=1S/C23H26N3O5PS/c1-32-15-26-9-7-22(25-26)24-23(27)16-11-19(13-20(12-16)31-18-8-10-29-14-18)30-17-3-5-21(6-4-17)33(2)28/h3-7,9,11-13,18,32H,8,10,14-15H2,1-2H3,(H,24,25,27)/t18-,33?/m0/s1. The van der Waals surface area contributed by atoms with Crippen molar-refractivity contribution in [2.24, 2.45) is 0 Å². The molecule has 0 radical (unpaired) electrons. The molecular formula is C23H26N3O5PS. The van der Waals surface area contributed by atoms with Crippen molar-refractivity contribution >= 4 is 31.1 Å². The molecule has 0 bridgehead atoms. The van der Waals surface area contributed by atoms with Gasteiger partial charge in [0, 0.05) is 52.3 Å². The minimum atomic E-state index is -1.07. The first kappa shape index (κ1) is 23.4. The molecule has 3 aromatic rings. The van der Waals surface area contributed by atoms with Gasteiger partial charge in [-0.3, -0.25) is 13.7 Å². The molecule has 0 spiro atoms. The number of ether oxygens (including phenoxy) is 3. The Kier molecular flexibility index (Phi) is 7.75. The fraction of sp³-hybridized carbons (Fsp3) is 0.304. The quantitative estimate of drug-likeness (QED) is 0.457. The van der Waals surface area contributed by atoms with Crippen LogP contribution in [0.1, 0.15) is 16.8 Å². The minimum absolute atomic E-state index is 0.0689. The van der Waals surface area contributed by atoms with Gasteiger partial charge in [-0.05, 0) is 43.1 Å². The average molecular weight is 488 g/mol. The van der Waals surface area contributed by atoms with Gasteiger partial charge in [-0.25, -0.2) is 0 Å². The number of nitrogens with zero attached hydrogens (tertiary/aromatic N) is 2. The average Bonchev–Trinajstić information content (AvgIpc) is 3.46. The molecule has 2 heterocycles. The van der Waals surface area contributed by atoms with E-state index in [0.717, 1.165) is 21.3 Å². The summed E-state index contributed by atoms with van der Waals surface area (Å²) in [6, 6.07) is 13.9. The molecule has 1 amide bonds.